The predicted molar refractivity (Wildman–Crippen MR) is 132 cm³/mol. The second kappa shape index (κ2) is 9.38. The first-order valence-corrected chi connectivity index (χ1v) is 11.1. The summed E-state index contributed by atoms with van der Waals surface area (Å²) in [7, 11) is 1.57. The maximum absolute atomic E-state index is 12.5. The van der Waals surface area contributed by atoms with Crippen LogP contribution in [0, 0.1) is 0 Å². The van der Waals surface area contributed by atoms with E-state index in [0.717, 1.165) is 10.9 Å². The summed E-state index contributed by atoms with van der Waals surface area (Å²) < 4.78 is 28.0. The lowest BCUT2D eigenvalue weighted by molar-refractivity contribution is -0.145. The summed E-state index contributed by atoms with van der Waals surface area (Å²) in [5.74, 6) is 1.04. The van der Waals surface area contributed by atoms with Crippen molar-refractivity contribution in [1.29, 1.82) is 0 Å². The Morgan fingerprint density at radius 2 is 1.71 bits per heavy atom. The van der Waals surface area contributed by atoms with Crippen LogP contribution >= 0.6 is 0 Å². The van der Waals surface area contributed by atoms with Crippen LogP contribution < -0.4 is 15.1 Å². The molecule has 176 valence electrons. The summed E-state index contributed by atoms with van der Waals surface area (Å²) in [4.78, 5) is 24.5. The Labute approximate surface area is 200 Å². The van der Waals surface area contributed by atoms with Crippen LogP contribution in [0.4, 0.5) is 0 Å². The number of hydrogen-bond acceptors (Lipinski definition) is 7. The number of para-hydroxylation sites is 1. The molecule has 7 nitrogen and oxygen atoms in total. The SMILES string of the molecule is CCOC(=O)COc1cc2c(-c3cc4cccc(OC)c4o3)cc(=O)oc2cc1-c1ccccc1. The van der Waals surface area contributed by atoms with Crippen molar-refractivity contribution in [2.75, 3.05) is 20.3 Å². The molecule has 5 rings (SSSR count). The molecule has 0 fully saturated rings. The molecule has 0 aliphatic heterocycles. The summed E-state index contributed by atoms with van der Waals surface area (Å²) in [5.41, 5.74) is 2.48. The van der Waals surface area contributed by atoms with Gasteiger partial charge in [0.15, 0.2) is 17.9 Å². The maximum Gasteiger partial charge on any atom is 0.344 e. The lowest BCUT2D eigenvalue weighted by atomic mass is 10.00. The minimum absolute atomic E-state index is 0.257. The summed E-state index contributed by atoms with van der Waals surface area (Å²) in [5, 5.41) is 1.43. The first-order valence-electron chi connectivity index (χ1n) is 11.1. The number of fused-ring (bicyclic) bond motifs is 2. The van der Waals surface area contributed by atoms with Gasteiger partial charge in [0, 0.05) is 28.0 Å². The molecule has 2 aromatic heterocycles. The Morgan fingerprint density at radius 1 is 0.886 bits per heavy atom. The first kappa shape index (κ1) is 22.3. The fraction of sp³-hybridized carbons (Fsp3) is 0.143. The predicted octanol–water partition coefficient (Wildman–Crippen LogP) is 5.82. The molecule has 0 amide bonds. The second-order valence-corrected chi connectivity index (χ2v) is 7.77. The third-order valence-electron chi connectivity index (χ3n) is 5.57. The molecule has 35 heavy (non-hydrogen) atoms. The molecule has 0 spiro atoms. The molecule has 3 aromatic carbocycles. The van der Waals surface area contributed by atoms with Gasteiger partial charge in [-0.15, -0.1) is 0 Å². The van der Waals surface area contributed by atoms with Gasteiger partial charge in [-0.25, -0.2) is 9.59 Å². The van der Waals surface area contributed by atoms with Gasteiger partial charge >= 0.3 is 11.6 Å². The lowest BCUT2D eigenvalue weighted by Crippen LogP contribution is -2.15. The van der Waals surface area contributed by atoms with Crippen LogP contribution in [0.2, 0.25) is 0 Å². The molecule has 0 aliphatic carbocycles. The van der Waals surface area contributed by atoms with Crippen LogP contribution in [0.1, 0.15) is 6.92 Å². The summed E-state index contributed by atoms with van der Waals surface area (Å²) in [6.45, 7) is 1.74. The topological polar surface area (TPSA) is 88.1 Å². The molecule has 0 aliphatic rings. The summed E-state index contributed by atoms with van der Waals surface area (Å²) in [6, 6.07) is 21.8. The average molecular weight is 470 g/mol. The van der Waals surface area contributed by atoms with Gasteiger partial charge in [-0.3, -0.25) is 0 Å². The van der Waals surface area contributed by atoms with Crippen LogP contribution in [0.25, 0.3) is 44.4 Å². The van der Waals surface area contributed by atoms with E-state index < -0.39 is 11.6 Å². The molecule has 0 radical (unpaired) electrons. The van der Waals surface area contributed by atoms with Gasteiger partial charge in [0.2, 0.25) is 0 Å². The van der Waals surface area contributed by atoms with E-state index >= 15 is 0 Å². The normalized spacial score (nSPS) is 11.0. The number of furan rings is 1. The van der Waals surface area contributed by atoms with Crippen molar-refractivity contribution in [3.05, 3.63) is 83.2 Å². The van der Waals surface area contributed by atoms with Crippen molar-refractivity contribution in [2.45, 2.75) is 6.92 Å². The fourth-order valence-corrected chi connectivity index (χ4v) is 4.02. The zero-order valence-electron chi connectivity index (χ0n) is 19.2. The van der Waals surface area contributed by atoms with Crippen molar-refractivity contribution in [3.8, 4) is 33.9 Å². The van der Waals surface area contributed by atoms with E-state index in [9.17, 15) is 9.59 Å². The summed E-state index contributed by atoms with van der Waals surface area (Å²) in [6.07, 6.45) is 0. The number of rotatable bonds is 7. The van der Waals surface area contributed by atoms with E-state index in [4.69, 9.17) is 23.0 Å². The minimum atomic E-state index is -0.515. The van der Waals surface area contributed by atoms with Crippen LogP contribution in [0.5, 0.6) is 11.5 Å². The molecule has 0 N–H and O–H groups in total. The van der Waals surface area contributed by atoms with Crippen LogP contribution in [0.15, 0.2) is 86.4 Å². The van der Waals surface area contributed by atoms with Crippen molar-refractivity contribution in [3.63, 3.8) is 0 Å². The minimum Gasteiger partial charge on any atom is -0.493 e. The lowest BCUT2D eigenvalue weighted by Gasteiger charge is -2.14. The van der Waals surface area contributed by atoms with E-state index in [1.165, 1.54) is 6.07 Å². The smallest absolute Gasteiger partial charge is 0.344 e. The van der Waals surface area contributed by atoms with Crippen LogP contribution in [0.3, 0.4) is 0 Å². The van der Waals surface area contributed by atoms with Gasteiger partial charge in [0.25, 0.3) is 0 Å². The van der Waals surface area contributed by atoms with Crippen molar-refractivity contribution < 1.29 is 27.8 Å². The number of ether oxygens (including phenoxy) is 3. The van der Waals surface area contributed by atoms with Crippen molar-refractivity contribution in [2.24, 2.45) is 0 Å². The Balaban J connectivity index is 1.71. The molecule has 5 aromatic rings. The Morgan fingerprint density at radius 3 is 2.49 bits per heavy atom. The standard InChI is InChI=1S/C28H22O7/c1-3-32-27(30)16-33-23-14-20-21(24-12-18-10-7-11-22(31-2)28(18)35-24)15-26(29)34-25(20)13-19(23)17-8-5-4-6-9-17/h4-15H,3,16H2,1-2H3. The van der Waals surface area contributed by atoms with Crippen LogP contribution in [-0.4, -0.2) is 26.3 Å². The quantitative estimate of drug-likeness (QED) is 0.219. The number of carbonyl (C=O) groups excluding carboxylic acids is 1. The third-order valence-corrected chi connectivity index (χ3v) is 5.57. The number of benzene rings is 3. The first-order chi connectivity index (χ1) is 17.1. The van der Waals surface area contributed by atoms with Gasteiger partial charge in [-0.05, 0) is 36.8 Å². The van der Waals surface area contributed by atoms with Gasteiger partial charge in [-0.2, -0.15) is 0 Å². The molecule has 0 saturated heterocycles. The summed E-state index contributed by atoms with van der Waals surface area (Å²) >= 11 is 0. The second-order valence-electron chi connectivity index (χ2n) is 7.77. The molecule has 0 bridgehead atoms. The zero-order chi connectivity index (χ0) is 24.4. The number of esters is 1. The van der Waals surface area contributed by atoms with Gasteiger partial charge < -0.3 is 23.0 Å². The van der Waals surface area contributed by atoms with E-state index in [2.05, 4.69) is 0 Å². The molecule has 7 heteroatoms. The monoisotopic (exact) mass is 470 g/mol. The number of hydrogen-bond donors (Lipinski definition) is 0. The average Bonchev–Trinajstić information content (AvgIpc) is 3.31. The molecule has 0 saturated carbocycles. The maximum atomic E-state index is 12.5. The molecular weight excluding hydrogens is 448 g/mol. The highest BCUT2D eigenvalue weighted by Crippen LogP contribution is 2.40. The van der Waals surface area contributed by atoms with E-state index in [0.29, 0.717) is 44.9 Å². The van der Waals surface area contributed by atoms with E-state index in [1.807, 2.05) is 48.5 Å². The third kappa shape index (κ3) is 4.36. The molecular formula is C28H22O7. The number of carbonyl (C=O) groups is 1. The van der Waals surface area contributed by atoms with Crippen molar-refractivity contribution >= 4 is 27.9 Å². The molecule has 2 heterocycles. The van der Waals surface area contributed by atoms with E-state index in [-0.39, 0.29) is 13.2 Å². The van der Waals surface area contributed by atoms with Gasteiger partial charge in [0.05, 0.1) is 13.7 Å². The highest BCUT2D eigenvalue weighted by atomic mass is 16.6. The fourth-order valence-electron chi connectivity index (χ4n) is 4.02. The molecule has 0 unspecified atom stereocenters. The largest absolute Gasteiger partial charge is 0.493 e. The van der Waals surface area contributed by atoms with Gasteiger partial charge in [-0.1, -0.05) is 42.5 Å². The van der Waals surface area contributed by atoms with Gasteiger partial charge in [0.1, 0.15) is 17.1 Å². The van der Waals surface area contributed by atoms with Crippen molar-refractivity contribution in [1.82, 2.24) is 0 Å². The Kier molecular flexibility index (Phi) is 5.97. The Hall–Kier alpha value is -4.52. The molecule has 0 atom stereocenters. The number of methoxy groups -OCH3 is 1. The zero-order valence-corrected chi connectivity index (χ0v) is 19.2. The van der Waals surface area contributed by atoms with E-state index in [1.54, 1.807) is 32.2 Å². The Bertz CT molecular complexity index is 1580. The highest BCUT2D eigenvalue weighted by molar-refractivity contribution is 5.98. The highest BCUT2D eigenvalue weighted by Gasteiger charge is 2.18. The van der Waals surface area contributed by atoms with Crippen LogP contribution in [-0.2, 0) is 9.53 Å².